The molecule has 0 aromatic heterocycles. The van der Waals surface area contributed by atoms with Gasteiger partial charge in [0.2, 0.25) is 0 Å². The van der Waals surface area contributed by atoms with Crippen molar-refractivity contribution in [1.29, 1.82) is 0 Å². The zero-order chi connectivity index (χ0) is 23.7. The monoisotopic (exact) mass is 464 g/mol. The maximum Gasteiger partial charge on any atom is 0.368 e. The summed E-state index contributed by atoms with van der Waals surface area (Å²) in [6, 6.07) is 0. The van der Waals surface area contributed by atoms with Crippen LogP contribution in [0, 0.1) is 11.8 Å². The van der Waals surface area contributed by atoms with Gasteiger partial charge in [0.15, 0.2) is 6.17 Å². The molecule has 2 saturated carbocycles. The van der Waals surface area contributed by atoms with Crippen molar-refractivity contribution in [2.45, 2.75) is 82.9 Å². The third-order valence-electron chi connectivity index (χ3n) is 5.88. The summed E-state index contributed by atoms with van der Waals surface area (Å²) in [5.74, 6) is -1.96. The first-order valence-corrected chi connectivity index (χ1v) is 10.9. The van der Waals surface area contributed by atoms with Crippen molar-refractivity contribution in [1.82, 2.24) is 0 Å². The minimum atomic E-state index is -2.03. The van der Waals surface area contributed by atoms with Gasteiger partial charge in [0.1, 0.15) is 31.7 Å². The van der Waals surface area contributed by atoms with Crippen molar-refractivity contribution in [3.63, 3.8) is 0 Å². The van der Waals surface area contributed by atoms with Gasteiger partial charge >= 0.3 is 17.9 Å². The summed E-state index contributed by atoms with van der Waals surface area (Å²) in [4.78, 5) is 43.6. The van der Waals surface area contributed by atoms with Gasteiger partial charge < -0.3 is 9.47 Å². The summed E-state index contributed by atoms with van der Waals surface area (Å²) >= 11 is 0. The Hall–Kier alpha value is -2.10. The van der Waals surface area contributed by atoms with Crippen LogP contribution in [0.2, 0.25) is 0 Å². The summed E-state index contributed by atoms with van der Waals surface area (Å²) in [6.45, 7) is 4.53. The van der Waals surface area contributed by atoms with Gasteiger partial charge in [-0.15, -0.1) is 0 Å². The molecule has 10 heteroatoms. The van der Waals surface area contributed by atoms with E-state index in [1.807, 2.05) is 0 Å². The second kappa shape index (κ2) is 12.8. The van der Waals surface area contributed by atoms with Crippen LogP contribution in [0.5, 0.6) is 0 Å². The number of hydrogen-bond donors (Lipinski definition) is 0. The average molecular weight is 464 g/mol. The molecular formula is C22H31F3O7. The highest BCUT2D eigenvalue weighted by Gasteiger charge is 2.42. The summed E-state index contributed by atoms with van der Waals surface area (Å²) in [5, 5.41) is 0. The first kappa shape index (κ1) is 26.2. The molecule has 0 N–H and O–H groups in total. The number of halogens is 3. The Morgan fingerprint density at radius 1 is 0.875 bits per heavy atom. The van der Waals surface area contributed by atoms with E-state index in [0.717, 1.165) is 0 Å². The number of esters is 2. The molecule has 0 radical (unpaired) electrons. The second-order valence-corrected chi connectivity index (χ2v) is 8.43. The van der Waals surface area contributed by atoms with E-state index in [1.165, 1.54) is 6.92 Å². The van der Waals surface area contributed by atoms with Crippen LogP contribution in [0.4, 0.5) is 13.2 Å². The molecule has 0 amide bonds. The van der Waals surface area contributed by atoms with E-state index in [0.29, 0.717) is 25.7 Å². The fourth-order valence-electron chi connectivity index (χ4n) is 4.10. The maximum atomic E-state index is 13.7. The Balaban J connectivity index is 1.56. The maximum absolute atomic E-state index is 13.7. The Kier molecular flexibility index (Phi) is 10.5. The Labute approximate surface area is 185 Å². The first-order valence-electron chi connectivity index (χ1n) is 10.9. The van der Waals surface area contributed by atoms with Crippen molar-refractivity contribution < 1.29 is 46.8 Å². The molecule has 0 saturated heterocycles. The molecule has 0 spiro atoms. The van der Waals surface area contributed by atoms with Gasteiger partial charge in [-0.25, -0.2) is 18.0 Å². The van der Waals surface area contributed by atoms with Gasteiger partial charge in [0.25, 0.3) is 0 Å². The summed E-state index contributed by atoms with van der Waals surface area (Å²) in [7, 11) is 0. The number of carbonyl (C=O) groups excluding carboxylic acids is 3. The van der Waals surface area contributed by atoms with Crippen LogP contribution in [0.3, 0.4) is 0 Å². The van der Waals surface area contributed by atoms with Crippen molar-refractivity contribution in [3.05, 3.63) is 12.2 Å². The van der Waals surface area contributed by atoms with Crippen LogP contribution >= 0.6 is 0 Å². The number of alkyl halides is 3. The molecule has 0 aromatic carbocycles. The molecule has 7 nitrogen and oxygen atoms in total. The lowest BCUT2D eigenvalue weighted by molar-refractivity contribution is -0.271. The molecule has 2 fully saturated rings. The average Bonchev–Trinajstić information content (AvgIpc) is 2.75. The highest BCUT2D eigenvalue weighted by atomic mass is 19.2. The van der Waals surface area contributed by atoms with E-state index < -0.39 is 36.4 Å². The number of rotatable bonds is 10. The third-order valence-corrected chi connectivity index (χ3v) is 5.88. The number of ether oxygens (including phenoxy) is 2. The minimum Gasteiger partial charge on any atom is -0.463 e. The van der Waals surface area contributed by atoms with Crippen LogP contribution in [-0.2, 0) is 33.6 Å². The standard InChI is InChI=1S/C22H31F3O7/c1-13(2)22(28)32-30-10-9-29-19(26)7-8-20(27)31-16-5-3-14(4-6-16)15-11-17(23)21(25)18(24)12-15/h14-18,21H,1,3-12H2,2H3. The van der Waals surface area contributed by atoms with E-state index >= 15 is 0 Å². The largest absolute Gasteiger partial charge is 0.463 e. The molecule has 2 unspecified atom stereocenters. The van der Waals surface area contributed by atoms with Crippen LogP contribution in [-0.4, -0.2) is 55.7 Å². The predicted molar refractivity (Wildman–Crippen MR) is 106 cm³/mol. The van der Waals surface area contributed by atoms with E-state index in [2.05, 4.69) is 16.4 Å². The molecular weight excluding hydrogens is 433 g/mol. The lowest BCUT2D eigenvalue weighted by Crippen LogP contribution is -2.40. The third kappa shape index (κ3) is 8.44. The lowest BCUT2D eigenvalue weighted by Gasteiger charge is -2.38. The normalized spacial score (nSPS) is 30.2. The van der Waals surface area contributed by atoms with Crippen molar-refractivity contribution in [2.75, 3.05) is 13.2 Å². The van der Waals surface area contributed by atoms with Crippen LogP contribution in [0.1, 0.15) is 58.3 Å². The zero-order valence-corrected chi connectivity index (χ0v) is 18.2. The molecule has 2 aliphatic rings. The van der Waals surface area contributed by atoms with Crippen molar-refractivity contribution >= 4 is 17.9 Å². The zero-order valence-electron chi connectivity index (χ0n) is 18.2. The second-order valence-electron chi connectivity index (χ2n) is 8.43. The van der Waals surface area contributed by atoms with Gasteiger partial charge in [-0.1, -0.05) is 6.58 Å². The van der Waals surface area contributed by atoms with Gasteiger partial charge in [-0.2, -0.15) is 4.89 Å². The molecule has 0 heterocycles. The van der Waals surface area contributed by atoms with E-state index in [4.69, 9.17) is 9.47 Å². The fourth-order valence-corrected chi connectivity index (χ4v) is 4.10. The minimum absolute atomic E-state index is 0.0419. The number of hydrogen-bond acceptors (Lipinski definition) is 7. The number of carbonyl (C=O) groups is 3. The van der Waals surface area contributed by atoms with Crippen LogP contribution in [0.25, 0.3) is 0 Å². The SMILES string of the molecule is C=C(C)C(=O)OOCCOC(=O)CCC(=O)OC1CCC(C2CC(F)C(F)C(F)C2)CC1. The van der Waals surface area contributed by atoms with E-state index in [-0.39, 0.29) is 62.4 Å². The Morgan fingerprint density at radius 3 is 2.06 bits per heavy atom. The summed E-state index contributed by atoms with van der Waals surface area (Å²) in [5.41, 5.74) is 0.166. The first-order chi connectivity index (χ1) is 15.2. The molecule has 0 bridgehead atoms. The van der Waals surface area contributed by atoms with E-state index in [1.54, 1.807) is 0 Å². The highest BCUT2D eigenvalue weighted by molar-refractivity contribution is 5.86. The molecule has 32 heavy (non-hydrogen) atoms. The summed E-state index contributed by atoms with van der Waals surface area (Å²) in [6.07, 6.45) is -3.58. The van der Waals surface area contributed by atoms with Crippen LogP contribution < -0.4 is 0 Å². The predicted octanol–water partition coefficient (Wildman–Crippen LogP) is 3.89. The van der Waals surface area contributed by atoms with Gasteiger partial charge in [0.05, 0.1) is 12.8 Å². The molecule has 2 atom stereocenters. The Bertz CT molecular complexity index is 652. The Morgan fingerprint density at radius 2 is 1.47 bits per heavy atom. The fraction of sp³-hybridized carbons (Fsp3) is 0.773. The van der Waals surface area contributed by atoms with Crippen LogP contribution in [0.15, 0.2) is 12.2 Å². The lowest BCUT2D eigenvalue weighted by atomic mass is 9.71. The smallest absolute Gasteiger partial charge is 0.368 e. The molecule has 182 valence electrons. The van der Waals surface area contributed by atoms with E-state index in [9.17, 15) is 27.6 Å². The quantitative estimate of drug-likeness (QED) is 0.159. The van der Waals surface area contributed by atoms with Gasteiger partial charge in [0, 0.05) is 5.57 Å². The topological polar surface area (TPSA) is 88.1 Å². The van der Waals surface area contributed by atoms with Gasteiger partial charge in [-0.05, 0) is 57.3 Å². The van der Waals surface area contributed by atoms with Crippen molar-refractivity contribution in [3.8, 4) is 0 Å². The molecule has 2 aliphatic carbocycles. The molecule has 2 rings (SSSR count). The molecule has 0 aliphatic heterocycles. The van der Waals surface area contributed by atoms with Crippen molar-refractivity contribution in [2.24, 2.45) is 11.8 Å². The highest BCUT2D eigenvalue weighted by Crippen LogP contribution is 2.41. The summed E-state index contributed by atoms with van der Waals surface area (Å²) < 4.78 is 50.9. The molecule has 0 aromatic rings. The van der Waals surface area contributed by atoms with Gasteiger partial charge in [-0.3, -0.25) is 14.5 Å².